The highest BCUT2D eigenvalue weighted by molar-refractivity contribution is 7.88. The summed E-state index contributed by atoms with van der Waals surface area (Å²) in [7, 11) is -1.43. The maximum absolute atomic E-state index is 12.3. The summed E-state index contributed by atoms with van der Waals surface area (Å²) >= 11 is 0. The van der Waals surface area contributed by atoms with E-state index < -0.39 is 10.0 Å². The minimum absolute atomic E-state index is 0.199. The predicted molar refractivity (Wildman–Crippen MR) is 95.5 cm³/mol. The standard InChI is InChI=1S/C17H22N4O3S/c1-20-17(13-6-4-3-5-7-13)14-8-10-21(11-9-15(14)19-20)16(22)12-18-25(2,23)24/h3-7,18H,8-12H2,1-2H3. The van der Waals surface area contributed by atoms with Crippen LogP contribution >= 0.6 is 0 Å². The molecule has 1 aromatic heterocycles. The van der Waals surface area contributed by atoms with Gasteiger partial charge in [0.1, 0.15) is 0 Å². The molecule has 2 heterocycles. The zero-order valence-corrected chi connectivity index (χ0v) is 15.2. The van der Waals surface area contributed by atoms with Crippen LogP contribution in [0.15, 0.2) is 30.3 Å². The van der Waals surface area contributed by atoms with E-state index in [-0.39, 0.29) is 12.5 Å². The van der Waals surface area contributed by atoms with Crippen molar-refractivity contribution in [3.63, 3.8) is 0 Å². The number of hydrogen-bond donors (Lipinski definition) is 1. The minimum atomic E-state index is -3.37. The van der Waals surface area contributed by atoms with Gasteiger partial charge in [0.25, 0.3) is 0 Å². The first kappa shape index (κ1) is 17.6. The molecule has 0 bridgehead atoms. The Bertz CT molecular complexity index is 875. The van der Waals surface area contributed by atoms with Crippen molar-refractivity contribution in [2.45, 2.75) is 12.8 Å². The van der Waals surface area contributed by atoms with E-state index in [2.05, 4.69) is 22.0 Å². The normalized spacial score (nSPS) is 14.9. The Morgan fingerprint density at radius 3 is 2.56 bits per heavy atom. The number of aromatic nitrogens is 2. The second-order valence-corrected chi connectivity index (χ2v) is 8.07. The number of fused-ring (bicyclic) bond motifs is 1. The van der Waals surface area contributed by atoms with E-state index in [0.717, 1.165) is 23.2 Å². The number of nitrogens with zero attached hydrogens (tertiary/aromatic N) is 3. The van der Waals surface area contributed by atoms with Gasteiger partial charge in [0.2, 0.25) is 15.9 Å². The molecule has 0 radical (unpaired) electrons. The summed E-state index contributed by atoms with van der Waals surface area (Å²) in [5.74, 6) is -0.207. The first-order valence-electron chi connectivity index (χ1n) is 8.18. The molecule has 0 spiro atoms. The van der Waals surface area contributed by atoms with Gasteiger partial charge in [0.15, 0.2) is 0 Å². The van der Waals surface area contributed by atoms with Crippen molar-refractivity contribution in [3.05, 3.63) is 41.6 Å². The van der Waals surface area contributed by atoms with Crippen LogP contribution in [0.5, 0.6) is 0 Å². The van der Waals surface area contributed by atoms with E-state index in [1.165, 1.54) is 5.56 Å². The number of rotatable bonds is 4. The summed E-state index contributed by atoms with van der Waals surface area (Å²) in [6, 6.07) is 10.1. The lowest BCUT2D eigenvalue weighted by atomic mass is 10.0. The van der Waals surface area contributed by atoms with Crippen molar-refractivity contribution in [2.75, 3.05) is 25.9 Å². The minimum Gasteiger partial charge on any atom is -0.341 e. The molecule has 25 heavy (non-hydrogen) atoms. The average molecular weight is 362 g/mol. The fourth-order valence-electron chi connectivity index (χ4n) is 3.20. The van der Waals surface area contributed by atoms with Gasteiger partial charge in [-0.1, -0.05) is 30.3 Å². The van der Waals surface area contributed by atoms with E-state index in [4.69, 9.17) is 0 Å². The summed E-state index contributed by atoms with van der Waals surface area (Å²) in [6.45, 7) is 0.904. The molecule has 8 heteroatoms. The summed E-state index contributed by atoms with van der Waals surface area (Å²) in [5, 5.41) is 4.63. The highest BCUT2D eigenvalue weighted by Crippen LogP contribution is 2.28. The van der Waals surface area contributed by atoms with Crippen molar-refractivity contribution in [1.82, 2.24) is 19.4 Å². The highest BCUT2D eigenvalue weighted by Gasteiger charge is 2.24. The largest absolute Gasteiger partial charge is 0.341 e. The third kappa shape index (κ3) is 4.08. The average Bonchev–Trinajstić information content (AvgIpc) is 2.74. The third-order valence-electron chi connectivity index (χ3n) is 4.36. The maximum atomic E-state index is 12.3. The summed E-state index contributed by atoms with van der Waals surface area (Å²) in [5.41, 5.74) is 4.37. The maximum Gasteiger partial charge on any atom is 0.237 e. The Labute approximate surface area is 147 Å². The lowest BCUT2D eigenvalue weighted by Crippen LogP contribution is -2.41. The molecular formula is C17H22N4O3S. The molecule has 134 valence electrons. The van der Waals surface area contributed by atoms with Crippen LogP contribution in [-0.4, -0.2) is 54.9 Å². The molecule has 0 aliphatic carbocycles. The Balaban J connectivity index is 1.77. The summed E-state index contributed by atoms with van der Waals surface area (Å²) < 4.78 is 26.5. The quantitative estimate of drug-likeness (QED) is 0.862. The number of carbonyl (C=O) groups is 1. The van der Waals surface area contributed by atoms with Crippen molar-refractivity contribution >= 4 is 15.9 Å². The smallest absolute Gasteiger partial charge is 0.237 e. The fraction of sp³-hybridized carbons (Fsp3) is 0.412. The van der Waals surface area contributed by atoms with Crippen LogP contribution in [0.2, 0.25) is 0 Å². The van der Waals surface area contributed by atoms with Gasteiger partial charge in [-0.15, -0.1) is 0 Å². The second kappa shape index (κ2) is 6.97. The third-order valence-corrected chi connectivity index (χ3v) is 5.03. The first-order valence-corrected chi connectivity index (χ1v) is 10.1. The van der Waals surface area contributed by atoms with Gasteiger partial charge in [-0.3, -0.25) is 9.48 Å². The molecule has 1 aromatic carbocycles. The van der Waals surface area contributed by atoms with Gasteiger partial charge in [-0.2, -0.15) is 5.10 Å². The lowest BCUT2D eigenvalue weighted by molar-refractivity contribution is -0.129. The van der Waals surface area contributed by atoms with E-state index in [1.807, 2.05) is 29.9 Å². The van der Waals surface area contributed by atoms with Crippen molar-refractivity contribution in [2.24, 2.45) is 7.05 Å². The van der Waals surface area contributed by atoms with E-state index in [1.54, 1.807) is 4.90 Å². The Hall–Kier alpha value is -2.19. The van der Waals surface area contributed by atoms with Crippen molar-refractivity contribution in [3.8, 4) is 11.3 Å². The van der Waals surface area contributed by atoms with Crippen LogP contribution < -0.4 is 4.72 Å². The molecule has 0 atom stereocenters. The molecule has 0 unspecified atom stereocenters. The lowest BCUT2D eigenvalue weighted by Gasteiger charge is -2.20. The van der Waals surface area contributed by atoms with Crippen molar-refractivity contribution in [1.29, 1.82) is 0 Å². The number of nitrogens with one attached hydrogen (secondary N) is 1. The van der Waals surface area contributed by atoms with E-state index in [9.17, 15) is 13.2 Å². The monoisotopic (exact) mass is 362 g/mol. The van der Waals surface area contributed by atoms with E-state index in [0.29, 0.717) is 25.9 Å². The number of hydrogen-bond acceptors (Lipinski definition) is 4. The van der Waals surface area contributed by atoms with Crippen LogP contribution in [0.4, 0.5) is 0 Å². The number of sulfonamides is 1. The van der Waals surface area contributed by atoms with Gasteiger partial charge < -0.3 is 4.90 Å². The topological polar surface area (TPSA) is 84.3 Å². The zero-order chi connectivity index (χ0) is 18.0. The number of benzene rings is 1. The fourth-order valence-corrected chi connectivity index (χ4v) is 3.58. The summed E-state index contributed by atoms with van der Waals surface area (Å²) in [4.78, 5) is 14.0. The van der Waals surface area contributed by atoms with Gasteiger partial charge in [-0.25, -0.2) is 13.1 Å². The molecule has 1 amide bonds. The zero-order valence-electron chi connectivity index (χ0n) is 14.4. The first-order chi connectivity index (χ1) is 11.8. The molecule has 0 fully saturated rings. The molecule has 0 saturated carbocycles. The molecule has 0 saturated heterocycles. The van der Waals surface area contributed by atoms with E-state index >= 15 is 0 Å². The van der Waals surface area contributed by atoms with Gasteiger partial charge in [0, 0.05) is 37.7 Å². The van der Waals surface area contributed by atoms with Crippen LogP contribution in [-0.2, 0) is 34.7 Å². The molecule has 1 N–H and O–H groups in total. The second-order valence-electron chi connectivity index (χ2n) is 6.24. The number of aryl methyl sites for hydroxylation is 1. The Kier molecular flexibility index (Phi) is 4.91. The molecule has 1 aliphatic rings. The predicted octanol–water partition coefficient (Wildman–Crippen LogP) is 0.564. The molecule has 3 rings (SSSR count). The molecular weight excluding hydrogens is 340 g/mol. The Morgan fingerprint density at radius 2 is 1.88 bits per heavy atom. The Morgan fingerprint density at radius 1 is 1.20 bits per heavy atom. The van der Waals surface area contributed by atoms with Crippen LogP contribution in [0.25, 0.3) is 11.3 Å². The van der Waals surface area contributed by atoms with Crippen LogP contribution in [0.3, 0.4) is 0 Å². The molecule has 2 aromatic rings. The number of amides is 1. The van der Waals surface area contributed by atoms with Gasteiger partial charge >= 0.3 is 0 Å². The van der Waals surface area contributed by atoms with Gasteiger partial charge in [0.05, 0.1) is 24.2 Å². The molecule has 1 aliphatic heterocycles. The SMILES string of the molecule is Cn1nc2c(c1-c1ccccc1)CCN(C(=O)CNS(C)(=O)=O)CC2. The van der Waals surface area contributed by atoms with Crippen LogP contribution in [0, 0.1) is 0 Å². The summed E-state index contributed by atoms with van der Waals surface area (Å²) in [6.07, 6.45) is 2.42. The van der Waals surface area contributed by atoms with Crippen LogP contribution in [0.1, 0.15) is 11.3 Å². The number of carbonyl (C=O) groups excluding carboxylic acids is 1. The van der Waals surface area contributed by atoms with Crippen molar-refractivity contribution < 1.29 is 13.2 Å². The van der Waals surface area contributed by atoms with Gasteiger partial charge in [-0.05, 0) is 6.42 Å². The highest BCUT2D eigenvalue weighted by atomic mass is 32.2. The molecule has 7 nitrogen and oxygen atoms in total.